The summed E-state index contributed by atoms with van der Waals surface area (Å²) in [7, 11) is -3.93. The first-order valence-electron chi connectivity index (χ1n) is 5.34. The topological polar surface area (TPSA) is 95.7 Å². The molecule has 7 heteroatoms. The zero-order valence-corrected chi connectivity index (χ0v) is 10.6. The van der Waals surface area contributed by atoms with E-state index in [0.29, 0.717) is 0 Å². The normalized spacial score (nSPS) is 11.2. The standard InChI is InChI=1S/C11H15NO5S/c12-18(14,15)17-8-4-7-11(13)16-9-10-5-2-1-3-6-10/h1-3,5-6H,4,7-9H2,(H2,12,14,15). The fourth-order valence-electron chi connectivity index (χ4n) is 1.20. The van der Waals surface area contributed by atoms with E-state index in [9.17, 15) is 13.2 Å². The summed E-state index contributed by atoms with van der Waals surface area (Å²) < 4.78 is 30.1. The molecule has 1 rings (SSSR count). The van der Waals surface area contributed by atoms with Gasteiger partial charge in [0.05, 0.1) is 6.61 Å². The number of esters is 1. The first-order valence-corrected chi connectivity index (χ1v) is 6.81. The van der Waals surface area contributed by atoms with Gasteiger partial charge in [0.15, 0.2) is 0 Å². The Morgan fingerprint density at radius 3 is 2.50 bits per heavy atom. The molecule has 0 fully saturated rings. The summed E-state index contributed by atoms with van der Waals surface area (Å²) in [4.78, 5) is 11.3. The fraction of sp³-hybridized carbons (Fsp3) is 0.364. The van der Waals surface area contributed by atoms with E-state index in [1.807, 2.05) is 30.3 Å². The van der Waals surface area contributed by atoms with E-state index in [0.717, 1.165) is 5.56 Å². The van der Waals surface area contributed by atoms with Crippen molar-refractivity contribution in [1.29, 1.82) is 0 Å². The average Bonchev–Trinajstić information content (AvgIpc) is 2.32. The summed E-state index contributed by atoms with van der Waals surface area (Å²) in [5, 5.41) is 4.62. The molecule has 0 atom stereocenters. The lowest BCUT2D eigenvalue weighted by molar-refractivity contribution is -0.145. The van der Waals surface area contributed by atoms with Gasteiger partial charge in [0.1, 0.15) is 6.61 Å². The summed E-state index contributed by atoms with van der Waals surface area (Å²) in [5.74, 6) is -0.406. The molecule has 2 N–H and O–H groups in total. The van der Waals surface area contributed by atoms with Crippen molar-refractivity contribution in [2.24, 2.45) is 5.14 Å². The van der Waals surface area contributed by atoms with Crippen LogP contribution in [0.15, 0.2) is 30.3 Å². The van der Waals surface area contributed by atoms with Crippen LogP contribution in [-0.2, 0) is 30.6 Å². The zero-order valence-electron chi connectivity index (χ0n) is 9.74. The van der Waals surface area contributed by atoms with Crippen molar-refractivity contribution >= 4 is 16.3 Å². The largest absolute Gasteiger partial charge is 0.461 e. The highest BCUT2D eigenvalue weighted by atomic mass is 32.2. The van der Waals surface area contributed by atoms with Gasteiger partial charge in [-0.3, -0.25) is 8.98 Å². The Balaban J connectivity index is 2.15. The maximum atomic E-state index is 11.3. The molecule has 0 amide bonds. The van der Waals surface area contributed by atoms with Crippen molar-refractivity contribution in [3.63, 3.8) is 0 Å². The molecule has 0 aliphatic rings. The quantitative estimate of drug-likeness (QED) is 0.583. The Morgan fingerprint density at radius 2 is 1.89 bits per heavy atom. The number of carbonyl (C=O) groups excluding carboxylic acids is 1. The molecule has 6 nitrogen and oxygen atoms in total. The lowest BCUT2D eigenvalue weighted by Gasteiger charge is -2.04. The molecule has 0 aliphatic heterocycles. The number of hydrogen-bond donors (Lipinski definition) is 1. The molecule has 0 heterocycles. The van der Waals surface area contributed by atoms with Crippen molar-refractivity contribution in [1.82, 2.24) is 0 Å². The lowest BCUT2D eigenvalue weighted by Crippen LogP contribution is -2.17. The molecular weight excluding hydrogens is 258 g/mol. The van der Waals surface area contributed by atoms with E-state index in [1.165, 1.54) is 0 Å². The van der Waals surface area contributed by atoms with Crippen LogP contribution in [0.2, 0.25) is 0 Å². The Bertz CT molecular complexity index is 471. The first-order chi connectivity index (χ1) is 8.47. The summed E-state index contributed by atoms with van der Waals surface area (Å²) in [6.45, 7) is 0.0784. The van der Waals surface area contributed by atoms with Crippen LogP contribution in [0.5, 0.6) is 0 Å². The Hall–Kier alpha value is -1.44. The third-order valence-corrected chi connectivity index (χ3v) is 2.51. The molecular formula is C11H15NO5S. The molecule has 18 heavy (non-hydrogen) atoms. The second-order valence-corrected chi connectivity index (χ2v) is 4.79. The zero-order chi connectivity index (χ0) is 13.4. The van der Waals surface area contributed by atoms with Crippen LogP contribution in [-0.4, -0.2) is 21.0 Å². The van der Waals surface area contributed by atoms with Gasteiger partial charge >= 0.3 is 16.3 Å². The number of hydrogen-bond acceptors (Lipinski definition) is 5. The van der Waals surface area contributed by atoms with Gasteiger partial charge in [-0.25, -0.2) is 5.14 Å². The average molecular weight is 273 g/mol. The van der Waals surface area contributed by atoms with Crippen molar-refractivity contribution in [3.05, 3.63) is 35.9 Å². The number of ether oxygens (including phenoxy) is 1. The highest BCUT2D eigenvalue weighted by Crippen LogP contribution is 2.03. The van der Waals surface area contributed by atoms with Crippen molar-refractivity contribution in [3.8, 4) is 0 Å². The molecule has 1 aromatic rings. The van der Waals surface area contributed by atoms with E-state index in [2.05, 4.69) is 9.32 Å². The minimum Gasteiger partial charge on any atom is -0.461 e. The van der Waals surface area contributed by atoms with Gasteiger partial charge in [0.2, 0.25) is 0 Å². The Labute approximate surface area is 106 Å². The second kappa shape index (κ2) is 7.10. The molecule has 0 bridgehead atoms. The molecule has 0 spiro atoms. The van der Waals surface area contributed by atoms with E-state index in [1.54, 1.807) is 0 Å². The smallest absolute Gasteiger partial charge is 0.333 e. The third kappa shape index (κ3) is 7.00. The molecule has 0 aromatic heterocycles. The Kier molecular flexibility index (Phi) is 5.76. The van der Waals surface area contributed by atoms with Gasteiger partial charge in [0, 0.05) is 6.42 Å². The second-order valence-electron chi connectivity index (χ2n) is 3.56. The molecule has 0 unspecified atom stereocenters. The molecule has 0 saturated heterocycles. The van der Waals surface area contributed by atoms with Gasteiger partial charge in [-0.05, 0) is 12.0 Å². The minimum atomic E-state index is -3.93. The number of nitrogens with two attached hydrogens (primary N) is 1. The fourth-order valence-corrected chi connectivity index (χ4v) is 1.55. The van der Waals surface area contributed by atoms with E-state index in [-0.39, 0.29) is 26.1 Å². The van der Waals surface area contributed by atoms with Crippen LogP contribution in [0.1, 0.15) is 18.4 Å². The molecule has 1 aromatic carbocycles. The van der Waals surface area contributed by atoms with Crippen molar-refractivity contribution in [2.45, 2.75) is 19.4 Å². The molecule has 0 saturated carbocycles. The number of benzene rings is 1. The van der Waals surface area contributed by atoms with Crippen LogP contribution in [0, 0.1) is 0 Å². The molecule has 0 aliphatic carbocycles. The van der Waals surface area contributed by atoms with Gasteiger partial charge in [-0.2, -0.15) is 8.42 Å². The monoisotopic (exact) mass is 273 g/mol. The third-order valence-electron chi connectivity index (χ3n) is 2.02. The van der Waals surface area contributed by atoms with E-state index in [4.69, 9.17) is 4.74 Å². The van der Waals surface area contributed by atoms with Crippen LogP contribution in [0.25, 0.3) is 0 Å². The predicted molar refractivity (Wildman–Crippen MR) is 64.5 cm³/mol. The van der Waals surface area contributed by atoms with Crippen molar-refractivity contribution in [2.75, 3.05) is 6.61 Å². The van der Waals surface area contributed by atoms with Crippen LogP contribution < -0.4 is 5.14 Å². The number of carbonyl (C=O) groups is 1. The van der Waals surface area contributed by atoms with Crippen LogP contribution in [0.4, 0.5) is 0 Å². The van der Waals surface area contributed by atoms with E-state index < -0.39 is 16.3 Å². The maximum absolute atomic E-state index is 11.3. The van der Waals surface area contributed by atoms with Crippen LogP contribution >= 0.6 is 0 Å². The summed E-state index contributed by atoms with van der Waals surface area (Å²) in [5.41, 5.74) is 0.895. The van der Waals surface area contributed by atoms with Gasteiger partial charge in [-0.1, -0.05) is 30.3 Å². The van der Waals surface area contributed by atoms with E-state index >= 15 is 0 Å². The molecule has 100 valence electrons. The highest BCUT2D eigenvalue weighted by molar-refractivity contribution is 7.84. The summed E-state index contributed by atoms with van der Waals surface area (Å²) in [6.07, 6.45) is 0.326. The lowest BCUT2D eigenvalue weighted by atomic mass is 10.2. The SMILES string of the molecule is NS(=O)(=O)OCCCC(=O)OCc1ccccc1. The molecule has 0 radical (unpaired) electrons. The summed E-state index contributed by atoms with van der Waals surface area (Å²) >= 11 is 0. The Morgan fingerprint density at radius 1 is 1.22 bits per heavy atom. The highest BCUT2D eigenvalue weighted by Gasteiger charge is 2.06. The maximum Gasteiger partial charge on any atom is 0.333 e. The van der Waals surface area contributed by atoms with Crippen LogP contribution in [0.3, 0.4) is 0 Å². The number of rotatable bonds is 7. The van der Waals surface area contributed by atoms with Gasteiger partial charge < -0.3 is 4.74 Å². The first kappa shape index (κ1) is 14.6. The summed E-state index contributed by atoms with van der Waals surface area (Å²) in [6, 6.07) is 9.26. The van der Waals surface area contributed by atoms with Gasteiger partial charge in [-0.15, -0.1) is 0 Å². The minimum absolute atomic E-state index is 0.0857. The van der Waals surface area contributed by atoms with Gasteiger partial charge in [0.25, 0.3) is 0 Å². The predicted octanol–water partition coefficient (Wildman–Crippen LogP) is 0.730. The van der Waals surface area contributed by atoms with Crippen molar-refractivity contribution < 1.29 is 22.1 Å².